The van der Waals surface area contributed by atoms with Gasteiger partial charge in [-0.25, -0.2) is 0 Å². The van der Waals surface area contributed by atoms with Crippen molar-refractivity contribution in [1.29, 1.82) is 0 Å². The summed E-state index contributed by atoms with van der Waals surface area (Å²) in [7, 11) is -6.02. The molecule has 5 atom stereocenters. The number of alkyl halides is 3. The highest BCUT2D eigenvalue weighted by Crippen LogP contribution is 2.45. The number of hydrogen-bond acceptors (Lipinski definition) is 7. The highest BCUT2D eigenvalue weighted by molar-refractivity contribution is 7.87. The highest BCUT2D eigenvalue weighted by Gasteiger charge is 2.59. The van der Waals surface area contributed by atoms with Gasteiger partial charge in [0, 0.05) is 5.56 Å². The summed E-state index contributed by atoms with van der Waals surface area (Å²) in [6, 6.07) is 36.6. The van der Waals surface area contributed by atoms with Gasteiger partial charge in [-0.1, -0.05) is 121 Å². The standard InChI is InChI=1S/C32H27F3O7S/c33-32(34,35)43(36,37)42-27-26(39-30-28(27)40-29(41-30)22-13-5-1-6-14-22)21-38-31(23-15-7-2-8-16-23,24-17-9-3-10-18-24)25-19-11-4-12-20-25/h1-20,26-30H,21H2/t26-,27+,28-,29?,30?/m1/s1. The molecule has 2 aliphatic rings. The van der Waals surface area contributed by atoms with E-state index in [0.29, 0.717) is 5.56 Å². The molecule has 0 spiro atoms. The van der Waals surface area contributed by atoms with Gasteiger partial charge in [0.15, 0.2) is 12.6 Å². The number of fused-ring (bicyclic) bond motifs is 1. The number of halogens is 3. The molecule has 224 valence electrons. The van der Waals surface area contributed by atoms with Crippen LogP contribution in [-0.4, -0.2) is 45.1 Å². The summed E-state index contributed by atoms with van der Waals surface area (Å²) in [6.07, 6.45) is -6.50. The third-order valence-corrected chi connectivity index (χ3v) is 8.45. The van der Waals surface area contributed by atoms with Crippen molar-refractivity contribution in [3.63, 3.8) is 0 Å². The van der Waals surface area contributed by atoms with Crippen LogP contribution in [0.1, 0.15) is 28.5 Å². The first-order valence-electron chi connectivity index (χ1n) is 13.5. The summed E-state index contributed by atoms with van der Waals surface area (Å²) >= 11 is 0. The van der Waals surface area contributed by atoms with Crippen molar-refractivity contribution in [2.45, 2.75) is 42.0 Å². The third-order valence-electron chi connectivity index (χ3n) is 7.40. The lowest BCUT2D eigenvalue weighted by atomic mass is 9.80. The third kappa shape index (κ3) is 5.72. The summed E-state index contributed by atoms with van der Waals surface area (Å²) in [5, 5.41) is 0. The smallest absolute Gasteiger partial charge is 0.358 e. The van der Waals surface area contributed by atoms with Crippen molar-refractivity contribution in [2.24, 2.45) is 0 Å². The topological polar surface area (TPSA) is 80.3 Å². The first-order valence-corrected chi connectivity index (χ1v) is 14.9. The maximum Gasteiger partial charge on any atom is 0.523 e. The molecule has 0 aliphatic carbocycles. The second-order valence-electron chi connectivity index (χ2n) is 10.1. The van der Waals surface area contributed by atoms with Crippen LogP contribution in [0.2, 0.25) is 0 Å². The van der Waals surface area contributed by atoms with Gasteiger partial charge in [-0.05, 0) is 16.7 Å². The van der Waals surface area contributed by atoms with E-state index in [9.17, 15) is 21.6 Å². The predicted octanol–water partition coefficient (Wildman–Crippen LogP) is 6.07. The molecule has 0 aromatic heterocycles. The minimum atomic E-state index is -6.02. The van der Waals surface area contributed by atoms with Crippen LogP contribution in [0, 0.1) is 0 Å². The predicted molar refractivity (Wildman–Crippen MR) is 149 cm³/mol. The first-order chi connectivity index (χ1) is 20.7. The number of rotatable bonds is 9. The molecule has 11 heteroatoms. The van der Waals surface area contributed by atoms with Crippen molar-refractivity contribution >= 4 is 10.1 Å². The average molecular weight is 613 g/mol. The molecule has 2 saturated heterocycles. The molecule has 43 heavy (non-hydrogen) atoms. The Bertz CT molecular complexity index is 1510. The van der Waals surface area contributed by atoms with Crippen LogP contribution >= 0.6 is 0 Å². The van der Waals surface area contributed by atoms with E-state index in [1.54, 1.807) is 30.3 Å². The second-order valence-corrected chi connectivity index (χ2v) is 11.6. The fourth-order valence-corrected chi connectivity index (χ4v) is 6.07. The van der Waals surface area contributed by atoms with Gasteiger partial charge in [0.1, 0.15) is 23.9 Å². The summed E-state index contributed by atoms with van der Waals surface area (Å²) < 4.78 is 94.1. The first kappa shape index (κ1) is 29.5. The largest absolute Gasteiger partial charge is 0.523 e. The van der Waals surface area contributed by atoms with Gasteiger partial charge in [0.25, 0.3) is 0 Å². The molecule has 6 rings (SSSR count). The summed E-state index contributed by atoms with van der Waals surface area (Å²) in [5.74, 6) is 0. The zero-order valence-electron chi connectivity index (χ0n) is 22.5. The van der Waals surface area contributed by atoms with Crippen LogP contribution in [0.4, 0.5) is 13.2 Å². The second kappa shape index (κ2) is 11.8. The van der Waals surface area contributed by atoms with Gasteiger partial charge in [-0.2, -0.15) is 21.6 Å². The van der Waals surface area contributed by atoms with E-state index in [4.69, 9.17) is 23.1 Å². The number of benzene rings is 4. The van der Waals surface area contributed by atoms with Crippen LogP contribution in [0.25, 0.3) is 0 Å². The molecule has 4 aromatic carbocycles. The Morgan fingerprint density at radius 3 is 1.58 bits per heavy atom. The van der Waals surface area contributed by atoms with Gasteiger partial charge < -0.3 is 18.9 Å². The molecule has 2 fully saturated rings. The minimum absolute atomic E-state index is 0.369. The molecule has 4 aromatic rings. The molecular weight excluding hydrogens is 585 g/mol. The molecule has 0 saturated carbocycles. The van der Waals surface area contributed by atoms with Crippen LogP contribution in [0.5, 0.6) is 0 Å². The quantitative estimate of drug-likeness (QED) is 0.129. The van der Waals surface area contributed by atoms with Crippen molar-refractivity contribution in [2.75, 3.05) is 6.61 Å². The van der Waals surface area contributed by atoms with Gasteiger partial charge in [-0.15, -0.1) is 0 Å². The van der Waals surface area contributed by atoms with Crippen LogP contribution < -0.4 is 0 Å². The van der Waals surface area contributed by atoms with E-state index >= 15 is 0 Å². The molecule has 0 N–H and O–H groups in total. The lowest BCUT2D eigenvalue weighted by molar-refractivity contribution is -0.184. The Morgan fingerprint density at radius 2 is 1.12 bits per heavy atom. The maximum absolute atomic E-state index is 13.5. The molecule has 7 nitrogen and oxygen atoms in total. The number of hydrogen-bond donors (Lipinski definition) is 0. The normalized spacial score (nSPS) is 24.1. The molecule has 0 bridgehead atoms. The Balaban J connectivity index is 1.36. The minimum Gasteiger partial charge on any atom is -0.358 e. The van der Waals surface area contributed by atoms with Crippen LogP contribution in [0.3, 0.4) is 0 Å². The fraction of sp³-hybridized carbons (Fsp3) is 0.250. The van der Waals surface area contributed by atoms with E-state index < -0.39 is 52.1 Å². The van der Waals surface area contributed by atoms with E-state index in [-0.39, 0.29) is 6.61 Å². The van der Waals surface area contributed by atoms with E-state index in [2.05, 4.69) is 0 Å². The Morgan fingerprint density at radius 1 is 0.651 bits per heavy atom. The Kier molecular flexibility index (Phi) is 8.12. The lowest BCUT2D eigenvalue weighted by Crippen LogP contribution is -2.44. The van der Waals surface area contributed by atoms with E-state index in [0.717, 1.165) is 16.7 Å². The molecule has 2 unspecified atom stereocenters. The van der Waals surface area contributed by atoms with Crippen LogP contribution in [-0.2, 0) is 38.8 Å². The van der Waals surface area contributed by atoms with Gasteiger partial charge in [0.2, 0.25) is 0 Å². The SMILES string of the molecule is O=S(=O)(O[C@H]1[C@@H](COC(c2ccccc2)(c2ccccc2)c2ccccc2)OC2OC(c3ccccc3)O[C@@H]21)C(F)(F)F. The Labute approximate surface area is 246 Å². The van der Waals surface area contributed by atoms with Crippen LogP contribution in [0.15, 0.2) is 121 Å². The lowest BCUT2D eigenvalue weighted by Gasteiger charge is -2.37. The van der Waals surface area contributed by atoms with Gasteiger partial charge in [0.05, 0.1) is 6.61 Å². The van der Waals surface area contributed by atoms with Crippen molar-refractivity contribution in [3.8, 4) is 0 Å². The fourth-order valence-electron chi connectivity index (χ4n) is 5.44. The van der Waals surface area contributed by atoms with Crippen molar-refractivity contribution < 1.29 is 44.7 Å². The highest BCUT2D eigenvalue weighted by atomic mass is 32.2. The average Bonchev–Trinajstić information content (AvgIpc) is 3.58. The Hall–Kier alpha value is -3.58. The van der Waals surface area contributed by atoms with Gasteiger partial charge in [-0.3, -0.25) is 4.18 Å². The van der Waals surface area contributed by atoms with E-state index in [1.165, 1.54) is 0 Å². The van der Waals surface area contributed by atoms with Gasteiger partial charge >= 0.3 is 15.6 Å². The molecule has 0 radical (unpaired) electrons. The monoisotopic (exact) mass is 612 g/mol. The summed E-state index contributed by atoms with van der Waals surface area (Å²) in [6.45, 7) is -0.369. The number of ether oxygens (including phenoxy) is 4. The maximum atomic E-state index is 13.5. The molecule has 0 amide bonds. The summed E-state index contributed by atoms with van der Waals surface area (Å²) in [4.78, 5) is 0. The zero-order chi connectivity index (χ0) is 30.1. The molecule has 2 heterocycles. The molecular formula is C32H27F3O7S. The molecule has 2 aliphatic heterocycles. The van der Waals surface area contributed by atoms with Crippen molar-refractivity contribution in [1.82, 2.24) is 0 Å². The zero-order valence-corrected chi connectivity index (χ0v) is 23.4. The van der Waals surface area contributed by atoms with Crippen molar-refractivity contribution in [3.05, 3.63) is 144 Å². The summed E-state index contributed by atoms with van der Waals surface area (Å²) in [5.41, 5.74) is -4.10. The van der Waals surface area contributed by atoms with E-state index in [1.807, 2.05) is 91.0 Å².